The van der Waals surface area contributed by atoms with Gasteiger partial charge in [-0.2, -0.15) is 5.26 Å². The molecule has 1 aromatic carbocycles. The smallest absolute Gasteiger partial charge is 0.178 e. The van der Waals surface area contributed by atoms with E-state index in [4.69, 9.17) is 10.00 Å². The van der Waals surface area contributed by atoms with E-state index in [2.05, 4.69) is 4.98 Å². The van der Waals surface area contributed by atoms with E-state index >= 15 is 0 Å². The highest BCUT2D eigenvalue weighted by molar-refractivity contribution is 5.63. The summed E-state index contributed by atoms with van der Waals surface area (Å²) in [5, 5.41) is 8.95. The van der Waals surface area contributed by atoms with E-state index in [1.165, 1.54) is 6.07 Å². The molecule has 0 N–H and O–H groups in total. The molecule has 0 bridgehead atoms. The largest absolute Gasteiger partial charge is 0.486 e. The second-order valence-electron chi connectivity index (χ2n) is 4.51. The molecular weight excluding hydrogens is 257 g/mol. The molecule has 0 saturated carbocycles. The number of fused-ring (bicyclic) bond motifs is 1. The lowest BCUT2D eigenvalue weighted by molar-refractivity contribution is 0.291. The summed E-state index contributed by atoms with van der Waals surface area (Å²) in [5.41, 5.74) is 1.79. The fourth-order valence-electron chi connectivity index (χ4n) is 2.25. The number of rotatable bonds is 2. The summed E-state index contributed by atoms with van der Waals surface area (Å²) in [4.78, 5) is 6.25. The Morgan fingerprint density at radius 2 is 2.30 bits per heavy atom. The Labute approximate surface area is 116 Å². The molecule has 0 amide bonds. The van der Waals surface area contributed by atoms with Crippen LogP contribution in [-0.4, -0.2) is 18.1 Å². The maximum absolute atomic E-state index is 13.9. The monoisotopic (exact) mass is 269 g/mol. The molecule has 0 atom stereocenters. The van der Waals surface area contributed by atoms with Crippen LogP contribution in [0.3, 0.4) is 0 Å². The van der Waals surface area contributed by atoms with Crippen LogP contribution in [0.25, 0.3) is 0 Å². The Bertz CT molecular complexity index is 667. The number of benzene rings is 1. The first kappa shape index (κ1) is 12.4. The Balaban J connectivity index is 1.97. The molecule has 1 aromatic heterocycles. The summed E-state index contributed by atoms with van der Waals surface area (Å²) in [6, 6.07) is 10.5. The van der Waals surface area contributed by atoms with E-state index in [0.717, 1.165) is 5.69 Å². The molecule has 4 nitrogen and oxygen atoms in total. The lowest BCUT2D eigenvalue weighted by atomic mass is 10.1. The minimum Gasteiger partial charge on any atom is -0.486 e. The van der Waals surface area contributed by atoms with Crippen LogP contribution in [0.15, 0.2) is 36.5 Å². The average Bonchev–Trinajstić information content (AvgIpc) is 2.49. The third kappa shape index (κ3) is 2.28. The molecular formula is C15H12FN3O. The second-order valence-corrected chi connectivity index (χ2v) is 4.51. The highest BCUT2D eigenvalue weighted by atomic mass is 19.1. The summed E-state index contributed by atoms with van der Waals surface area (Å²) in [6.45, 7) is 1.62. The normalized spacial score (nSPS) is 13.3. The number of nitriles is 1. The van der Waals surface area contributed by atoms with E-state index in [0.29, 0.717) is 25.4 Å². The molecule has 5 heteroatoms. The van der Waals surface area contributed by atoms with Crippen molar-refractivity contribution >= 4 is 5.69 Å². The summed E-state index contributed by atoms with van der Waals surface area (Å²) in [6.07, 6.45) is 1.73. The summed E-state index contributed by atoms with van der Waals surface area (Å²) >= 11 is 0. The van der Waals surface area contributed by atoms with Crippen LogP contribution in [0.4, 0.5) is 10.1 Å². The van der Waals surface area contributed by atoms with Crippen molar-refractivity contribution < 1.29 is 9.13 Å². The van der Waals surface area contributed by atoms with Crippen molar-refractivity contribution in [3.63, 3.8) is 0 Å². The van der Waals surface area contributed by atoms with Gasteiger partial charge in [-0.05, 0) is 24.3 Å². The molecule has 0 fully saturated rings. The van der Waals surface area contributed by atoms with Gasteiger partial charge in [0.25, 0.3) is 0 Å². The van der Waals surface area contributed by atoms with Crippen molar-refractivity contribution in [2.45, 2.75) is 6.54 Å². The Morgan fingerprint density at radius 3 is 3.05 bits per heavy atom. The molecule has 3 rings (SSSR count). The highest BCUT2D eigenvalue weighted by Gasteiger charge is 2.22. The van der Waals surface area contributed by atoms with Crippen LogP contribution in [-0.2, 0) is 6.54 Å². The van der Waals surface area contributed by atoms with Gasteiger partial charge in [0.05, 0.1) is 36.1 Å². The molecule has 100 valence electrons. The Morgan fingerprint density at radius 1 is 1.40 bits per heavy atom. The molecule has 0 unspecified atom stereocenters. The highest BCUT2D eigenvalue weighted by Crippen LogP contribution is 2.35. The quantitative estimate of drug-likeness (QED) is 0.840. The molecule has 1 aliphatic heterocycles. The van der Waals surface area contributed by atoms with Gasteiger partial charge in [-0.1, -0.05) is 6.07 Å². The van der Waals surface area contributed by atoms with Gasteiger partial charge in [-0.3, -0.25) is 4.98 Å². The van der Waals surface area contributed by atoms with Crippen LogP contribution in [0.1, 0.15) is 11.3 Å². The van der Waals surface area contributed by atoms with Crippen molar-refractivity contribution in [1.29, 1.82) is 5.26 Å². The molecule has 20 heavy (non-hydrogen) atoms. The van der Waals surface area contributed by atoms with Gasteiger partial charge in [0.15, 0.2) is 11.6 Å². The van der Waals surface area contributed by atoms with Crippen molar-refractivity contribution in [2.24, 2.45) is 0 Å². The average molecular weight is 269 g/mol. The zero-order valence-corrected chi connectivity index (χ0v) is 10.7. The van der Waals surface area contributed by atoms with Crippen molar-refractivity contribution in [1.82, 2.24) is 4.98 Å². The summed E-state index contributed by atoms with van der Waals surface area (Å²) in [5.74, 6) is -0.282. The molecule has 2 aromatic rings. The lowest BCUT2D eigenvalue weighted by Gasteiger charge is -2.31. The van der Waals surface area contributed by atoms with Crippen LogP contribution in [0.2, 0.25) is 0 Å². The molecule has 1 aliphatic rings. The van der Waals surface area contributed by atoms with Gasteiger partial charge in [-0.15, -0.1) is 0 Å². The van der Waals surface area contributed by atoms with E-state index in [1.54, 1.807) is 12.3 Å². The minimum atomic E-state index is -0.496. The standard InChI is InChI=1S/C15H12FN3O/c16-13-7-11(9-17)8-14-15(13)20-6-5-19(14)10-12-3-1-2-4-18-12/h1-4,7-8H,5-6,10H2. The number of nitrogens with zero attached hydrogens (tertiary/aromatic N) is 3. The molecule has 0 spiro atoms. The van der Waals surface area contributed by atoms with Gasteiger partial charge in [-0.25, -0.2) is 4.39 Å². The summed E-state index contributed by atoms with van der Waals surface area (Å²) < 4.78 is 19.3. The SMILES string of the molecule is N#Cc1cc(F)c2c(c1)N(Cc1ccccn1)CCO2. The first-order valence-corrected chi connectivity index (χ1v) is 6.29. The van der Waals surface area contributed by atoms with Crippen molar-refractivity contribution in [3.8, 4) is 11.8 Å². The van der Waals surface area contributed by atoms with Crippen LogP contribution >= 0.6 is 0 Å². The van der Waals surface area contributed by atoms with E-state index in [9.17, 15) is 4.39 Å². The first-order chi connectivity index (χ1) is 9.78. The molecule has 0 saturated heterocycles. The maximum Gasteiger partial charge on any atom is 0.178 e. The number of pyridine rings is 1. The van der Waals surface area contributed by atoms with Gasteiger partial charge >= 0.3 is 0 Å². The zero-order valence-electron chi connectivity index (χ0n) is 10.7. The summed E-state index contributed by atoms with van der Waals surface area (Å²) in [7, 11) is 0. The zero-order chi connectivity index (χ0) is 13.9. The van der Waals surface area contributed by atoms with Crippen LogP contribution in [0.5, 0.6) is 5.75 Å². The van der Waals surface area contributed by atoms with Crippen LogP contribution < -0.4 is 9.64 Å². The van der Waals surface area contributed by atoms with E-state index in [-0.39, 0.29) is 11.3 Å². The van der Waals surface area contributed by atoms with Gasteiger partial charge < -0.3 is 9.64 Å². The van der Waals surface area contributed by atoms with E-state index in [1.807, 2.05) is 29.2 Å². The Hall–Kier alpha value is -2.61. The second kappa shape index (κ2) is 5.17. The number of aromatic nitrogens is 1. The van der Waals surface area contributed by atoms with Crippen LogP contribution in [0, 0.1) is 17.1 Å². The molecule has 0 radical (unpaired) electrons. The first-order valence-electron chi connectivity index (χ1n) is 6.29. The third-order valence-electron chi connectivity index (χ3n) is 3.18. The number of ether oxygens (including phenoxy) is 1. The van der Waals surface area contributed by atoms with Gasteiger partial charge in [0.1, 0.15) is 6.61 Å². The fraction of sp³-hybridized carbons (Fsp3) is 0.200. The number of hydrogen-bond donors (Lipinski definition) is 0. The fourth-order valence-corrected chi connectivity index (χ4v) is 2.25. The lowest BCUT2D eigenvalue weighted by Crippen LogP contribution is -2.33. The Kier molecular flexibility index (Phi) is 3.21. The number of halogens is 1. The van der Waals surface area contributed by atoms with Crippen molar-refractivity contribution in [2.75, 3.05) is 18.1 Å². The predicted molar refractivity (Wildman–Crippen MR) is 71.9 cm³/mol. The predicted octanol–water partition coefficient (Wildman–Crippen LogP) is 2.49. The molecule has 0 aliphatic carbocycles. The minimum absolute atomic E-state index is 0.214. The number of anilines is 1. The van der Waals surface area contributed by atoms with Gasteiger partial charge in [0, 0.05) is 6.20 Å². The third-order valence-corrected chi connectivity index (χ3v) is 3.18. The number of hydrogen-bond acceptors (Lipinski definition) is 4. The van der Waals surface area contributed by atoms with Gasteiger partial charge in [0.2, 0.25) is 0 Å². The van der Waals surface area contributed by atoms with Crippen molar-refractivity contribution in [3.05, 3.63) is 53.6 Å². The van der Waals surface area contributed by atoms with E-state index < -0.39 is 5.82 Å². The molecule has 2 heterocycles. The maximum atomic E-state index is 13.9. The topological polar surface area (TPSA) is 49.2 Å².